The van der Waals surface area contributed by atoms with Gasteiger partial charge in [0, 0.05) is 19.6 Å². The zero-order valence-electron chi connectivity index (χ0n) is 6.00. The lowest BCUT2D eigenvalue weighted by Gasteiger charge is -1.77. The van der Waals surface area contributed by atoms with Crippen LogP contribution in [0.3, 0.4) is 0 Å². The summed E-state index contributed by atoms with van der Waals surface area (Å²) in [4.78, 5) is 0. The number of hydrogen-bond donors (Lipinski definition) is 0. The first-order valence-electron chi connectivity index (χ1n) is 3.12. The van der Waals surface area contributed by atoms with E-state index in [2.05, 4.69) is 0 Å². The highest BCUT2D eigenvalue weighted by atomic mass is 35.5. The predicted octanol–water partition coefficient (Wildman–Crippen LogP) is 0.399. The normalized spacial score (nSPS) is 19.8. The summed E-state index contributed by atoms with van der Waals surface area (Å²) in [5.74, 6) is 0.478. The van der Waals surface area contributed by atoms with E-state index >= 15 is 0 Å². The van der Waals surface area contributed by atoms with Crippen LogP contribution in [0.15, 0.2) is 0 Å². The zero-order valence-corrected chi connectivity index (χ0v) is 4.76. The molecule has 0 spiro atoms. The van der Waals surface area contributed by atoms with E-state index in [1.807, 2.05) is 0 Å². The van der Waals surface area contributed by atoms with Crippen molar-refractivity contribution in [2.75, 3.05) is 5.88 Å². The quantitative estimate of drug-likeness (QED) is 0.368. The minimum atomic E-state index is -3.01. The Hall–Kier alpha value is 0.507. The van der Waals surface area contributed by atoms with Gasteiger partial charge in [0.25, 0.3) is 0 Å². The van der Waals surface area contributed by atoms with E-state index < -0.39 is 10.0 Å². The van der Waals surface area contributed by atoms with Gasteiger partial charge in [-0.1, -0.05) is 6.04 Å². The van der Waals surface area contributed by atoms with Crippen molar-refractivity contribution in [3.8, 4) is 0 Å². The summed E-state index contributed by atoms with van der Waals surface area (Å²) in [6.45, 7) is 0. The summed E-state index contributed by atoms with van der Waals surface area (Å²) in [5.41, 5.74) is 0. The molecule has 32 valence electrons. The first kappa shape index (κ1) is 1.98. The molecule has 0 rings (SSSR count). The average Bonchev–Trinajstić information content (AvgIpc) is 1.59. The molecule has 0 aromatic heterocycles. The monoisotopic (exact) mass is 114 g/mol. The molecule has 0 nitrogen and oxygen atoms in total. The second-order valence-electron chi connectivity index (χ2n) is 0.793. The van der Waals surface area contributed by atoms with Gasteiger partial charge in [-0.3, -0.25) is 0 Å². The molecular weight excluding hydrogens is 99.6 g/mol. The minimum absolute atomic E-state index is 0.372. The maximum atomic E-state index is 6.85. The van der Waals surface area contributed by atoms with Crippen LogP contribution in [0.5, 0.6) is 0 Å². The highest BCUT2D eigenvalue weighted by Crippen LogP contribution is 1.84. The summed E-state index contributed by atoms with van der Waals surface area (Å²) in [6.07, 6.45) is 0.643. The van der Waals surface area contributed by atoms with Gasteiger partial charge in [-0.05, 0) is 6.42 Å². The molecule has 0 bridgehead atoms. The fourth-order valence-corrected chi connectivity index (χ4v) is 0.601. The van der Waals surface area contributed by atoms with Gasteiger partial charge in [-0.25, -0.2) is 0 Å². The van der Waals surface area contributed by atoms with Crippen molar-refractivity contribution < 1.29 is 0 Å². The highest BCUT2D eigenvalue weighted by molar-refractivity contribution is 6.18. The van der Waals surface area contributed by atoms with Gasteiger partial charge in [0.05, 0.1) is 0 Å². The molecule has 0 saturated heterocycles. The van der Waals surface area contributed by atoms with Gasteiger partial charge in [-0.2, -0.15) is 0 Å². The smallest absolute Gasteiger partial charge is 0.0220 e. The molecule has 0 aromatic rings. The lowest BCUT2D eigenvalue weighted by atomic mass is 10.6. The first-order valence-corrected chi connectivity index (χ1v) is 2.86. The fraction of sp³-hybridized carbons (Fsp3) is 1.00. The minimum Gasteiger partial charge on any atom is -0.127 e. The van der Waals surface area contributed by atoms with Gasteiger partial charge >= 0.3 is 0 Å². The molecular formula is C3H9ClSi. The van der Waals surface area contributed by atoms with Crippen molar-refractivity contribution in [3.05, 3.63) is 0 Å². The van der Waals surface area contributed by atoms with Crippen LogP contribution in [0.1, 0.15) is 6.42 Å². The Morgan fingerprint density at radius 1 is 2.00 bits per heavy atom. The number of halogens is 1. The molecule has 0 aliphatic heterocycles. The third kappa shape index (κ3) is 4.51. The van der Waals surface area contributed by atoms with E-state index in [9.17, 15) is 0 Å². The van der Waals surface area contributed by atoms with Crippen molar-refractivity contribution in [3.63, 3.8) is 0 Å². The van der Waals surface area contributed by atoms with Crippen molar-refractivity contribution >= 4 is 21.6 Å². The number of rotatable bonds is 3. The van der Waals surface area contributed by atoms with Gasteiger partial charge < -0.3 is 0 Å². The van der Waals surface area contributed by atoms with E-state index in [0.29, 0.717) is 18.3 Å². The third-order valence-corrected chi connectivity index (χ3v) is 0.931. The van der Waals surface area contributed by atoms with E-state index in [0.717, 1.165) is 0 Å². The van der Waals surface area contributed by atoms with Crippen LogP contribution in [0.25, 0.3) is 0 Å². The SMILES string of the molecule is [3H][Si]([3H])([3H])CCCCl. The fourth-order valence-electron chi connectivity index (χ4n) is 0.0668. The topological polar surface area (TPSA) is 0 Å². The van der Waals surface area contributed by atoms with Crippen LogP contribution < -0.4 is 0 Å². The summed E-state index contributed by atoms with van der Waals surface area (Å²) >= 11 is 5.28. The Kier molecular flexibility index (Phi) is 1.79. The molecule has 0 aliphatic rings. The van der Waals surface area contributed by atoms with Crippen LogP contribution in [-0.4, -0.2) is 19.6 Å². The maximum Gasteiger partial charge on any atom is 0.0220 e. The average molecular weight is 115 g/mol. The maximum absolute atomic E-state index is 6.85. The second kappa shape index (κ2) is 4.51. The summed E-state index contributed by atoms with van der Waals surface area (Å²) < 4.78 is 20.5. The molecule has 0 aliphatic carbocycles. The van der Waals surface area contributed by atoms with Crippen molar-refractivity contribution in [2.24, 2.45) is 0 Å². The van der Waals surface area contributed by atoms with Crippen LogP contribution in [0.4, 0.5) is 0 Å². The van der Waals surface area contributed by atoms with Crippen molar-refractivity contribution in [1.82, 2.24) is 0 Å². The van der Waals surface area contributed by atoms with Gasteiger partial charge in [0.15, 0.2) is 0 Å². The zero-order chi connectivity index (χ0) is 6.62. The van der Waals surface area contributed by atoms with Crippen molar-refractivity contribution in [1.29, 1.82) is 3.70 Å². The lowest BCUT2D eigenvalue weighted by molar-refractivity contribution is 1.09. The van der Waals surface area contributed by atoms with E-state index in [-0.39, 0.29) is 0 Å². The standard InChI is InChI=1S/C3H9ClSi/c4-2-1-3-5/h1-3H2,5H3/i5T3. The molecule has 0 radical (unpaired) electrons. The van der Waals surface area contributed by atoms with Crippen LogP contribution in [-0.2, 0) is 0 Å². The van der Waals surface area contributed by atoms with Crippen LogP contribution in [0.2, 0.25) is 6.04 Å². The Morgan fingerprint density at radius 3 is 3.00 bits per heavy atom. The molecule has 2 heteroatoms. The summed E-state index contributed by atoms with van der Waals surface area (Å²) in [6, 6.07) is 0.372. The Morgan fingerprint density at radius 2 is 2.80 bits per heavy atom. The third-order valence-electron chi connectivity index (χ3n) is 0.310. The van der Waals surface area contributed by atoms with E-state index in [1.54, 1.807) is 0 Å². The summed E-state index contributed by atoms with van der Waals surface area (Å²) in [7, 11) is -3.01. The lowest BCUT2D eigenvalue weighted by Crippen LogP contribution is -1.68. The van der Waals surface area contributed by atoms with Crippen LogP contribution in [0, 0.1) is 0 Å². The molecule has 0 saturated carbocycles. The number of hydrogen-bond acceptors (Lipinski definition) is 0. The Balaban J connectivity index is 3.11. The van der Waals surface area contributed by atoms with E-state index in [1.165, 1.54) is 0 Å². The predicted molar refractivity (Wildman–Crippen MR) is 30.1 cm³/mol. The highest BCUT2D eigenvalue weighted by Gasteiger charge is 1.70. The second-order valence-corrected chi connectivity index (χ2v) is 1.67. The van der Waals surface area contributed by atoms with Gasteiger partial charge in [0.2, 0.25) is 0 Å². The van der Waals surface area contributed by atoms with E-state index in [4.69, 9.17) is 15.3 Å². The molecule has 0 atom stereocenters. The largest absolute Gasteiger partial charge is 0.127 e. The molecule has 0 fully saturated rings. The summed E-state index contributed by atoms with van der Waals surface area (Å²) in [5, 5.41) is 0. The molecule has 0 aromatic carbocycles. The van der Waals surface area contributed by atoms with Gasteiger partial charge in [-0.15, -0.1) is 11.6 Å². The molecule has 0 unspecified atom stereocenters. The Bertz CT molecular complexity index is 62.0. The molecule has 0 N–H and O–H groups in total. The van der Waals surface area contributed by atoms with Crippen LogP contribution >= 0.6 is 11.6 Å². The molecule has 0 heterocycles. The molecule has 5 heavy (non-hydrogen) atoms. The Labute approximate surface area is 44.6 Å². The van der Waals surface area contributed by atoms with Gasteiger partial charge in [0.1, 0.15) is 0 Å². The molecule has 0 amide bonds. The van der Waals surface area contributed by atoms with Crippen molar-refractivity contribution in [2.45, 2.75) is 12.5 Å². The number of alkyl halides is 1. The first-order chi connectivity index (χ1) is 3.56.